The van der Waals surface area contributed by atoms with Crippen molar-refractivity contribution in [2.24, 2.45) is 0 Å². The molecule has 2 aromatic rings. The van der Waals surface area contributed by atoms with Gasteiger partial charge in [-0.25, -0.2) is 8.78 Å². The molecule has 1 amide bonds. The molecule has 0 radical (unpaired) electrons. The van der Waals surface area contributed by atoms with Gasteiger partial charge in [0.1, 0.15) is 5.75 Å². The van der Waals surface area contributed by atoms with Crippen molar-refractivity contribution in [2.75, 3.05) is 17.7 Å². The maximum Gasteiger partial charge on any atom is 0.262 e. The van der Waals surface area contributed by atoms with Crippen LogP contribution in [0.5, 0.6) is 5.75 Å². The van der Waals surface area contributed by atoms with E-state index in [0.29, 0.717) is 11.4 Å². The van der Waals surface area contributed by atoms with E-state index < -0.39 is 17.5 Å². The van der Waals surface area contributed by atoms with Gasteiger partial charge in [-0.15, -0.1) is 0 Å². The molecule has 0 unspecified atom stereocenters. The second-order valence-corrected chi connectivity index (χ2v) is 4.49. The van der Waals surface area contributed by atoms with Crippen LogP contribution >= 0.6 is 0 Å². The maximum absolute atomic E-state index is 13.0. The van der Waals surface area contributed by atoms with Gasteiger partial charge in [0.05, 0.1) is 0 Å². The van der Waals surface area contributed by atoms with Crippen LogP contribution in [-0.2, 0) is 4.79 Å². The summed E-state index contributed by atoms with van der Waals surface area (Å²) in [5.74, 6) is -1.94. The molecule has 0 aliphatic heterocycles. The third kappa shape index (κ3) is 3.92. The first-order valence-electron chi connectivity index (χ1n) is 6.19. The number of hydrogen-bond donors (Lipinski definition) is 2. The highest BCUT2D eigenvalue weighted by Crippen LogP contribution is 2.20. The van der Waals surface area contributed by atoms with E-state index in [-0.39, 0.29) is 12.3 Å². The molecule has 0 aliphatic rings. The van der Waals surface area contributed by atoms with E-state index in [9.17, 15) is 13.6 Å². The van der Waals surface area contributed by atoms with E-state index in [4.69, 9.17) is 10.5 Å². The van der Waals surface area contributed by atoms with Crippen molar-refractivity contribution in [3.63, 3.8) is 0 Å². The molecule has 2 rings (SSSR count). The molecule has 0 saturated carbocycles. The van der Waals surface area contributed by atoms with Crippen molar-refractivity contribution < 1.29 is 18.3 Å². The number of rotatable bonds is 4. The summed E-state index contributed by atoms with van der Waals surface area (Å²) < 4.78 is 31.1. The first kappa shape index (κ1) is 14.8. The van der Waals surface area contributed by atoms with Crippen LogP contribution in [0.3, 0.4) is 0 Å². The van der Waals surface area contributed by atoms with Crippen molar-refractivity contribution >= 4 is 17.3 Å². The van der Waals surface area contributed by atoms with Crippen LogP contribution < -0.4 is 15.8 Å². The summed E-state index contributed by atoms with van der Waals surface area (Å²) in [6.07, 6.45) is 0. The largest absolute Gasteiger partial charge is 0.483 e. The fourth-order valence-corrected chi connectivity index (χ4v) is 1.75. The smallest absolute Gasteiger partial charge is 0.262 e. The number of benzene rings is 2. The number of aryl methyl sites for hydroxylation is 1. The average molecular weight is 292 g/mol. The third-order valence-corrected chi connectivity index (χ3v) is 2.76. The molecule has 0 heterocycles. The summed E-state index contributed by atoms with van der Waals surface area (Å²) in [7, 11) is 0. The van der Waals surface area contributed by atoms with Gasteiger partial charge in [-0.3, -0.25) is 4.79 Å². The highest BCUT2D eigenvalue weighted by Gasteiger charge is 2.08. The molecule has 0 spiro atoms. The number of halogens is 2. The zero-order valence-electron chi connectivity index (χ0n) is 11.3. The molecule has 2 aromatic carbocycles. The second-order valence-electron chi connectivity index (χ2n) is 4.49. The molecule has 0 atom stereocenters. The predicted molar refractivity (Wildman–Crippen MR) is 76.1 cm³/mol. The Labute approximate surface area is 120 Å². The molecule has 0 fully saturated rings. The predicted octanol–water partition coefficient (Wildman–Crippen LogP) is 2.87. The van der Waals surface area contributed by atoms with Gasteiger partial charge in [-0.05, 0) is 42.8 Å². The van der Waals surface area contributed by atoms with E-state index in [1.54, 1.807) is 25.1 Å². The molecule has 0 saturated heterocycles. The number of ether oxygens (including phenoxy) is 1. The summed E-state index contributed by atoms with van der Waals surface area (Å²) in [6, 6.07) is 8.16. The molecule has 0 bridgehead atoms. The summed E-state index contributed by atoms with van der Waals surface area (Å²) in [5, 5.41) is 2.42. The van der Waals surface area contributed by atoms with Gasteiger partial charge in [0.25, 0.3) is 5.91 Å². The number of nitrogen functional groups attached to an aromatic ring is 1. The number of carbonyl (C=O) groups excluding carboxylic acids is 1. The minimum absolute atomic E-state index is 0.163. The number of amides is 1. The minimum Gasteiger partial charge on any atom is -0.483 e. The molecule has 4 nitrogen and oxygen atoms in total. The van der Waals surface area contributed by atoms with Gasteiger partial charge in [-0.1, -0.05) is 0 Å². The average Bonchev–Trinajstić information content (AvgIpc) is 2.42. The van der Waals surface area contributed by atoms with Crippen molar-refractivity contribution in [1.82, 2.24) is 0 Å². The number of nitrogens with one attached hydrogen (secondary N) is 1. The molecular weight excluding hydrogens is 278 g/mol. The minimum atomic E-state index is -1.02. The summed E-state index contributed by atoms with van der Waals surface area (Å²) in [5.41, 5.74) is 7.18. The Hall–Kier alpha value is -2.63. The van der Waals surface area contributed by atoms with Gasteiger partial charge >= 0.3 is 0 Å². The fraction of sp³-hybridized carbons (Fsp3) is 0.133. The lowest BCUT2D eigenvalue weighted by atomic mass is 10.2. The monoisotopic (exact) mass is 292 g/mol. The SMILES string of the molecule is Cc1cc(N)ccc1OCC(=O)Nc1ccc(F)c(F)c1. The van der Waals surface area contributed by atoms with Crippen molar-refractivity contribution in [2.45, 2.75) is 6.92 Å². The number of nitrogens with two attached hydrogens (primary N) is 1. The van der Waals surface area contributed by atoms with Crippen LogP contribution in [0.15, 0.2) is 36.4 Å². The van der Waals surface area contributed by atoms with Gasteiger partial charge in [-0.2, -0.15) is 0 Å². The molecule has 110 valence electrons. The van der Waals surface area contributed by atoms with E-state index in [1.165, 1.54) is 6.07 Å². The maximum atomic E-state index is 13.0. The number of anilines is 2. The molecule has 3 N–H and O–H groups in total. The van der Waals surface area contributed by atoms with Crippen molar-refractivity contribution in [1.29, 1.82) is 0 Å². The van der Waals surface area contributed by atoms with Crippen LogP contribution in [0.25, 0.3) is 0 Å². The van der Waals surface area contributed by atoms with E-state index in [1.807, 2.05) is 0 Å². The topological polar surface area (TPSA) is 64.3 Å². The lowest BCUT2D eigenvalue weighted by Gasteiger charge is -2.10. The Morgan fingerprint density at radius 2 is 1.95 bits per heavy atom. The van der Waals surface area contributed by atoms with Gasteiger partial charge in [0.15, 0.2) is 18.2 Å². The van der Waals surface area contributed by atoms with Gasteiger partial charge in [0.2, 0.25) is 0 Å². The van der Waals surface area contributed by atoms with Crippen LogP contribution in [0.1, 0.15) is 5.56 Å². The number of carbonyl (C=O) groups is 1. The molecule has 21 heavy (non-hydrogen) atoms. The lowest BCUT2D eigenvalue weighted by Crippen LogP contribution is -2.20. The Kier molecular flexibility index (Phi) is 4.37. The fourth-order valence-electron chi connectivity index (χ4n) is 1.75. The Balaban J connectivity index is 1.94. The summed E-state index contributed by atoms with van der Waals surface area (Å²) in [4.78, 5) is 11.7. The van der Waals surface area contributed by atoms with Crippen LogP contribution in [0, 0.1) is 18.6 Å². The summed E-state index contributed by atoms with van der Waals surface area (Å²) >= 11 is 0. The Morgan fingerprint density at radius 1 is 1.19 bits per heavy atom. The second kappa shape index (κ2) is 6.21. The van der Waals surface area contributed by atoms with E-state index in [0.717, 1.165) is 17.7 Å². The highest BCUT2D eigenvalue weighted by molar-refractivity contribution is 5.91. The number of hydrogen-bond acceptors (Lipinski definition) is 3. The third-order valence-electron chi connectivity index (χ3n) is 2.76. The van der Waals surface area contributed by atoms with Crippen molar-refractivity contribution in [3.8, 4) is 5.75 Å². The Morgan fingerprint density at radius 3 is 2.62 bits per heavy atom. The van der Waals surface area contributed by atoms with Gasteiger partial charge < -0.3 is 15.8 Å². The first-order valence-corrected chi connectivity index (χ1v) is 6.19. The normalized spacial score (nSPS) is 10.2. The molecule has 0 aliphatic carbocycles. The zero-order chi connectivity index (χ0) is 15.4. The zero-order valence-corrected chi connectivity index (χ0v) is 11.3. The van der Waals surface area contributed by atoms with Crippen molar-refractivity contribution in [3.05, 3.63) is 53.6 Å². The molecule has 0 aromatic heterocycles. The standard InChI is InChI=1S/C15H14F2N2O2/c1-9-6-10(18)2-5-14(9)21-8-15(20)19-11-3-4-12(16)13(17)7-11/h2-7H,8,18H2,1H3,(H,19,20). The Bertz CT molecular complexity index is 675. The highest BCUT2D eigenvalue weighted by atomic mass is 19.2. The molecular formula is C15H14F2N2O2. The van der Waals surface area contributed by atoms with Crippen LogP contribution in [0.4, 0.5) is 20.2 Å². The van der Waals surface area contributed by atoms with E-state index >= 15 is 0 Å². The van der Waals surface area contributed by atoms with Crippen LogP contribution in [0.2, 0.25) is 0 Å². The van der Waals surface area contributed by atoms with Crippen LogP contribution in [-0.4, -0.2) is 12.5 Å². The molecule has 6 heteroatoms. The first-order chi connectivity index (χ1) is 9.95. The summed E-state index contributed by atoms with van der Waals surface area (Å²) in [6.45, 7) is 1.56. The van der Waals surface area contributed by atoms with E-state index in [2.05, 4.69) is 5.32 Å². The van der Waals surface area contributed by atoms with Gasteiger partial charge in [0, 0.05) is 17.4 Å². The quantitative estimate of drug-likeness (QED) is 0.852. The lowest BCUT2D eigenvalue weighted by molar-refractivity contribution is -0.118.